The number of sulfone groups is 1. The van der Waals surface area contributed by atoms with Gasteiger partial charge in [-0.15, -0.1) is 0 Å². The van der Waals surface area contributed by atoms with Crippen molar-refractivity contribution in [2.24, 2.45) is 0 Å². The summed E-state index contributed by atoms with van der Waals surface area (Å²) in [5, 5.41) is 0.132. The van der Waals surface area contributed by atoms with Crippen LogP contribution in [0.2, 0.25) is 0 Å². The van der Waals surface area contributed by atoms with Gasteiger partial charge < -0.3 is 14.7 Å². The molecule has 2 aromatic heterocycles. The van der Waals surface area contributed by atoms with Crippen molar-refractivity contribution in [2.75, 3.05) is 51.4 Å². The van der Waals surface area contributed by atoms with E-state index in [2.05, 4.69) is 9.97 Å². The Balaban J connectivity index is 1.71. The summed E-state index contributed by atoms with van der Waals surface area (Å²) in [5.74, 6) is -1.57. The number of amides is 1. The molecule has 2 aromatic carbocycles. The highest BCUT2D eigenvalue weighted by atomic mass is 32.2. The first-order valence-corrected chi connectivity index (χ1v) is 16.2. The molecule has 0 N–H and O–H groups in total. The van der Waals surface area contributed by atoms with Crippen LogP contribution in [0.4, 0.5) is 14.6 Å². The van der Waals surface area contributed by atoms with Crippen molar-refractivity contribution in [3.63, 3.8) is 0 Å². The van der Waals surface area contributed by atoms with E-state index in [4.69, 9.17) is 0 Å². The molecule has 0 saturated carbocycles. The van der Waals surface area contributed by atoms with Crippen molar-refractivity contribution in [1.29, 1.82) is 0 Å². The third-order valence-corrected chi connectivity index (χ3v) is 8.82. The third-order valence-electron chi connectivity index (χ3n) is 7.70. The Hall–Kier alpha value is -4.49. The second-order valence-electron chi connectivity index (χ2n) is 11.4. The minimum atomic E-state index is -3.84. The number of aryl methyl sites for hydroxylation is 1. The number of anilines is 1. The second-order valence-corrected chi connectivity index (χ2v) is 13.4. The molecule has 0 unspecified atom stereocenters. The van der Waals surface area contributed by atoms with Gasteiger partial charge in [-0.2, -0.15) is 4.98 Å². The minimum Gasteiger partial charge on any atom is -0.350 e. The molecule has 5 rings (SSSR count). The average molecular weight is 637 g/mol. The van der Waals surface area contributed by atoms with E-state index in [1.165, 1.54) is 36.4 Å². The van der Waals surface area contributed by atoms with E-state index in [1.54, 1.807) is 34.9 Å². The molecule has 4 aromatic rings. The fraction of sp³-hybridized carbons (Fsp3) is 0.312. The first kappa shape index (κ1) is 31.9. The van der Waals surface area contributed by atoms with Crippen LogP contribution in [0.25, 0.3) is 28.0 Å². The normalized spacial score (nSPS) is 15.9. The number of fused-ring (bicyclic) bond motifs is 1. The van der Waals surface area contributed by atoms with Crippen LogP contribution in [0.15, 0.2) is 70.4 Å². The van der Waals surface area contributed by atoms with Crippen molar-refractivity contribution < 1.29 is 22.0 Å². The molecule has 1 atom stereocenters. The van der Waals surface area contributed by atoms with E-state index in [0.717, 1.165) is 16.9 Å². The number of carbonyl (C=O) groups excluding carboxylic acids is 1. The zero-order valence-corrected chi connectivity index (χ0v) is 26.5. The van der Waals surface area contributed by atoms with Crippen LogP contribution in [-0.2, 0) is 14.6 Å². The summed E-state index contributed by atoms with van der Waals surface area (Å²) in [5.41, 5.74) is -0.912. The number of benzene rings is 2. The molecule has 0 spiro atoms. The molecular formula is C32H34F2N6O4S. The van der Waals surface area contributed by atoms with E-state index in [9.17, 15) is 22.4 Å². The Labute approximate surface area is 260 Å². The number of hydrogen-bond acceptors (Lipinski definition) is 8. The van der Waals surface area contributed by atoms with Gasteiger partial charge in [-0.05, 0) is 57.8 Å². The molecule has 3 heterocycles. The quantitative estimate of drug-likeness (QED) is 0.284. The van der Waals surface area contributed by atoms with Gasteiger partial charge in [0.1, 0.15) is 23.1 Å². The summed E-state index contributed by atoms with van der Waals surface area (Å²) in [6, 6.07) is 10.9. The molecule has 13 heteroatoms. The molecule has 10 nitrogen and oxygen atoms in total. The molecule has 1 saturated heterocycles. The van der Waals surface area contributed by atoms with Crippen LogP contribution in [0.3, 0.4) is 0 Å². The number of carbonyl (C=O) groups is 1. The molecular weight excluding hydrogens is 602 g/mol. The number of para-hydroxylation sites is 1. The van der Waals surface area contributed by atoms with E-state index < -0.39 is 27.2 Å². The molecule has 1 aliphatic rings. The van der Waals surface area contributed by atoms with Gasteiger partial charge in [0.25, 0.3) is 0 Å². The lowest BCUT2D eigenvalue weighted by atomic mass is 10.1. The number of aromatic nitrogens is 3. The van der Waals surface area contributed by atoms with Crippen LogP contribution in [0, 0.1) is 18.6 Å². The molecule has 0 radical (unpaired) electrons. The van der Waals surface area contributed by atoms with E-state index in [1.807, 2.05) is 25.9 Å². The smallest absolute Gasteiger partial charge is 0.350 e. The number of nitrogens with zero attached hydrogens (tertiary/aromatic N) is 6. The molecule has 0 aliphatic carbocycles. The Morgan fingerprint density at radius 1 is 1.07 bits per heavy atom. The number of likely N-dealkylation sites (N-methyl/N-ethyl adjacent to an activating group) is 1. The maximum atomic E-state index is 15.8. The summed E-state index contributed by atoms with van der Waals surface area (Å²) in [6.45, 7) is 5.04. The zero-order chi connectivity index (χ0) is 32.6. The predicted octanol–water partition coefficient (Wildman–Crippen LogP) is 3.59. The zero-order valence-electron chi connectivity index (χ0n) is 25.7. The average Bonchev–Trinajstić information content (AvgIpc) is 2.97. The Kier molecular flexibility index (Phi) is 8.86. The lowest BCUT2D eigenvalue weighted by molar-refractivity contribution is -0.126. The highest BCUT2D eigenvalue weighted by molar-refractivity contribution is 7.90. The number of halogens is 2. The van der Waals surface area contributed by atoms with Crippen LogP contribution in [0.1, 0.15) is 12.5 Å². The predicted molar refractivity (Wildman–Crippen MR) is 169 cm³/mol. The molecule has 236 valence electrons. The van der Waals surface area contributed by atoms with Crippen molar-refractivity contribution >= 4 is 32.6 Å². The van der Waals surface area contributed by atoms with Gasteiger partial charge >= 0.3 is 5.69 Å². The Morgan fingerprint density at radius 3 is 2.47 bits per heavy atom. The largest absolute Gasteiger partial charge is 0.355 e. The molecule has 0 bridgehead atoms. The van der Waals surface area contributed by atoms with Crippen molar-refractivity contribution in [3.05, 3.63) is 88.4 Å². The van der Waals surface area contributed by atoms with Crippen molar-refractivity contribution in [3.8, 4) is 16.9 Å². The standard InChI is InChI=1S/C32H34F2N6O4S/c1-20-10-8-13-26(45(5,43)44)29(20)40-31-23(18-25(34)28(35-31)22-11-6-7-12-24(22)33)30(36-32(40)42)39-17-16-38(19-21(39)2)27(41)14-9-15-37(3)4/h6-14,18,21H,15-17,19H2,1-5H3/b14-9+/t21-/m0/s1. The third kappa shape index (κ3) is 6.36. The number of rotatable bonds is 7. The lowest BCUT2D eigenvalue weighted by Crippen LogP contribution is -2.54. The van der Waals surface area contributed by atoms with Gasteiger partial charge in [0.15, 0.2) is 15.5 Å². The SMILES string of the molecule is Cc1cccc(S(C)(=O)=O)c1-n1c(=O)nc(N2CCN(C(=O)/C=C/CN(C)C)C[C@@H]2C)c2cc(F)c(-c3ccccc3F)nc21. The maximum Gasteiger partial charge on any atom is 0.355 e. The van der Waals surface area contributed by atoms with Crippen molar-refractivity contribution in [1.82, 2.24) is 24.3 Å². The van der Waals surface area contributed by atoms with E-state index >= 15 is 4.39 Å². The maximum absolute atomic E-state index is 15.8. The van der Waals surface area contributed by atoms with Crippen LogP contribution >= 0.6 is 0 Å². The van der Waals surface area contributed by atoms with E-state index in [-0.39, 0.29) is 57.2 Å². The van der Waals surface area contributed by atoms with Crippen LogP contribution in [-0.4, -0.2) is 91.2 Å². The summed E-state index contributed by atoms with van der Waals surface area (Å²) < 4.78 is 57.4. The monoisotopic (exact) mass is 636 g/mol. The molecule has 45 heavy (non-hydrogen) atoms. The lowest BCUT2D eigenvalue weighted by Gasteiger charge is -2.40. The second kappa shape index (κ2) is 12.5. The first-order valence-electron chi connectivity index (χ1n) is 14.3. The number of pyridine rings is 1. The van der Waals surface area contributed by atoms with Gasteiger partial charge in [0, 0.05) is 50.1 Å². The van der Waals surface area contributed by atoms with Gasteiger partial charge in [0.05, 0.1) is 16.0 Å². The highest BCUT2D eigenvalue weighted by Gasteiger charge is 2.31. The van der Waals surface area contributed by atoms with Gasteiger partial charge in [-0.1, -0.05) is 30.3 Å². The molecule has 1 fully saturated rings. The summed E-state index contributed by atoms with van der Waals surface area (Å²) >= 11 is 0. The van der Waals surface area contributed by atoms with Crippen LogP contribution in [0.5, 0.6) is 0 Å². The van der Waals surface area contributed by atoms with Gasteiger partial charge in [0.2, 0.25) is 5.91 Å². The summed E-state index contributed by atoms with van der Waals surface area (Å²) in [4.78, 5) is 40.9. The Morgan fingerprint density at radius 2 is 1.80 bits per heavy atom. The summed E-state index contributed by atoms with van der Waals surface area (Å²) in [6.07, 6.45) is 4.34. The summed E-state index contributed by atoms with van der Waals surface area (Å²) in [7, 11) is -0.0341. The van der Waals surface area contributed by atoms with Gasteiger partial charge in [-0.25, -0.2) is 31.5 Å². The van der Waals surface area contributed by atoms with E-state index in [0.29, 0.717) is 25.2 Å². The topological polar surface area (TPSA) is 109 Å². The highest BCUT2D eigenvalue weighted by Crippen LogP contribution is 2.34. The Bertz CT molecular complexity index is 1990. The fourth-order valence-electron chi connectivity index (χ4n) is 5.53. The molecule has 1 aliphatic heterocycles. The van der Waals surface area contributed by atoms with Crippen LogP contribution < -0.4 is 10.6 Å². The minimum absolute atomic E-state index is 0.0283. The molecule has 1 amide bonds. The number of hydrogen-bond donors (Lipinski definition) is 0. The van der Waals surface area contributed by atoms with Gasteiger partial charge in [-0.3, -0.25) is 4.79 Å². The first-order chi connectivity index (χ1) is 21.3. The van der Waals surface area contributed by atoms with Crippen molar-refractivity contribution in [2.45, 2.75) is 24.8 Å². The fourth-order valence-corrected chi connectivity index (χ4v) is 6.46. The number of piperazine rings is 1.